The molecule has 1 aromatic heterocycles. The molecule has 2 aromatic carbocycles. The van der Waals surface area contributed by atoms with Gasteiger partial charge in [-0.2, -0.15) is 0 Å². The quantitative estimate of drug-likeness (QED) is 0.777. The Morgan fingerprint density at radius 2 is 1.82 bits per heavy atom. The number of anilines is 2. The van der Waals surface area contributed by atoms with Gasteiger partial charge in [-0.25, -0.2) is 4.98 Å². The Kier molecular flexibility index (Phi) is 3.84. The van der Waals surface area contributed by atoms with Gasteiger partial charge >= 0.3 is 0 Å². The van der Waals surface area contributed by atoms with Crippen molar-refractivity contribution in [1.82, 2.24) is 4.98 Å². The summed E-state index contributed by atoms with van der Waals surface area (Å²) in [5.74, 6) is -0.352. The molecule has 22 heavy (non-hydrogen) atoms. The molecule has 0 saturated heterocycles. The van der Waals surface area contributed by atoms with Crippen LogP contribution in [0.3, 0.4) is 0 Å². The highest BCUT2D eigenvalue weighted by Gasteiger charge is 2.08. The molecule has 3 aromatic rings. The molecule has 110 valence electrons. The lowest BCUT2D eigenvalue weighted by molar-refractivity contribution is -0.114. The molecule has 0 bridgehead atoms. The summed E-state index contributed by atoms with van der Waals surface area (Å²) in [6.07, 6.45) is 0. The van der Waals surface area contributed by atoms with Crippen molar-refractivity contribution >= 4 is 44.7 Å². The van der Waals surface area contributed by atoms with E-state index in [-0.39, 0.29) is 11.8 Å². The predicted molar refractivity (Wildman–Crippen MR) is 88.3 cm³/mol. The number of nitrogens with zero attached hydrogens (tertiary/aromatic N) is 1. The smallest absolute Gasteiger partial charge is 0.255 e. The standard InChI is InChI=1S/C16H13N3O2S/c1-10(20)18-12-3-2-4-13(8-12)19-16(21)11-5-6-14-15(7-11)22-9-17-14/h2-9H,1H3,(H,18,20)(H,19,21). The highest BCUT2D eigenvalue weighted by molar-refractivity contribution is 7.16. The van der Waals surface area contributed by atoms with E-state index in [4.69, 9.17) is 0 Å². The molecular weight excluding hydrogens is 298 g/mol. The molecule has 2 N–H and O–H groups in total. The second kappa shape index (κ2) is 5.95. The third-order valence-electron chi connectivity index (χ3n) is 3.03. The van der Waals surface area contributed by atoms with Gasteiger partial charge in [0.15, 0.2) is 0 Å². The molecule has 0 aliphatic rings. The number of thiazole rings is 1. The fourth-order valence-corrected chi connectivity index (χ4v) is 2.79. The van der Waals surface area contributed by atoms with E-state index in [0.29, 0.717) is 16.9 Å². The van der Waals surface area contributed by atoms with Crippen molar-refractivity contribution in [3.8, 4) is 0 Å². The summed E-state index contributed by atoms with van der Waals surface area (Å²) in [6, 6.07) is 12.4. The molecule has 6 heteroatoms. The Balaban J connectivity index is 1.79. The fraction of sp³-hybridized carbons (Fsp3) is 0.0625. The Hall–Kier alpha value is -2.73. The van der Waals surface area contributed by atoms with Gasteiger partial charge in [0.05, 0.1) is 15.7 Å². The number of hydrogen-bond donors (Lipinski definition) is 2. The number of carbonyl (C=O) groups excluding carboxylic acids is 2. The molecule has 0 unspecified atom stereocenters. The van der Waals surface area contributed by atoms with E-state index in [1.54, 1.807) is 35.8 Å². The van der Waals surface area contributed by atoms with Crippen LogP contribution in [0, 0.1) is 0 Å². The first-order valence-corrected chi connectivity index (χ1v) is 7.52. The molecule has 5 nitrogen and oxygen atoms in total. The van der Waals surface area contributed by atoms with Crippen LogP contribution >= 0.6 is 11.3 Å². The minimum atomic E-state index is -0.199. The van der Waals surface area contributed by atoms with Crippen LogP contribution in [0.25, 0.3) is 10.2 Å². The van der Waals surface area contributed by atoms with E-state index in [9.17, 15) is 9.59 Å². The average Bonchev–Trinajstić information content (AvgIpc) is 2.94. The summed E-state index contributed by atoms with van der Waals surface area (Å²) in [6.45, 7) is 1.44. The largest absolute Gasteiger partial charge is 0.326 e. The van der Waals surface area contributed by atoms with Gasteiger partial charge in [-0.1, -0.05) is 6.07 Å². The van der Waals surface area contributed by atoms with Gasteiger partial charge in [0.2, 0.25) is 5.91 Å². The van der Waals surface area contributed by atoms with Crippen LogP contribution < -0.4 is 10.6 Å². The maximum absolute atomic E-state index is 12.3. The molecular formula is C16H13N3O2S. The number of fused-ring (bicyclic) bond motifs is 1. The molecule has 0 spiro atoms. The Morgan fingerprint density at radius 1 is 1.05 bits per heavy atom. The van der Waals surface area contributed by atoms with Gasteiger partial charge < -0.3 is 10.6 Å². The number of carbonyl (C=O) groups is 2. The molecule has 2 amide bonds. The number of rotatable bonds is 3. The van der Waals surface area contributed by atoms with Gasteiger partial charge in [0.1, 0.15) is 0 Å². The van der Waals surface area contributed by atoms with Crippen molar-refractivity contribution in [2.45, 2.75) is 6.92 Å². The normalized spacial score (nSPS) is 10.4. The third kappa shape index (κ3) is 3.12. The zero-order valence-electron chi connectivity index (χ0n) is 11.8. The van der Waals surface area contributed by atoms with Crippen molar-refractivity contribution in [2.75, 3.05) is 10.6 Å². The van der Waals surface area contributed by atoms with Crippen LogP contribution in [0.2, 0.25) is 0 Å². The van der Waals surface area contributed by atoms with Gasteiger partial charge in [-0.05, 0) is 36.4 Å². The number of hydrogen-bond acceptors (Lipinski definition) is 4. The minimum absolute atomic E-state index is 0.154. The molecule has 0 aliphatic heterocycles. The maximum atomic E-state index is 12.3. The first-order valence-electron chi connectivity index (χ1n) is 6.64. The van der Waals surface area contributed by atoms with E-state index in [0.717, 1.165) is 10.2 Å². The molecule has 0 aliphatic carbocycles. The molecule has 3 rings (SSSR count). The minimum Gasteiger partial charge on any atom is -0.326 e. The average molecular weight is 311 g/mol. The van der Waals surface area contributed by atoms with Crippen LogP contribution in [0.1, 0.15) is 17.3 Å². The lowest BCUT2D eigenvalue weighted by atomic mass is 10.2. The number of aromatic nitrogens is 1. The van der Waals surface area contributed by atoms with E-state index in [1.807, 2.05) is 12.1 Å². The van der Waals surface area contributed by atoms with Gasteiger partial charge in [0, 0.05) is 23.9 Å². The first-order chi connectivity index (χ1) is 10.6. The summed E-state index contributed by atoms with van der Waals surface area (Å²) in [7, 11) is 0. The third-order valence-corrected chi connectivity index (χ3v) is 3.83. The Labute approximate surface area is 131 Å². The lowest BCUT2D eigenvalue weighted by Gasteiger charge is -2.08. The summed E-state index contributed by atoms with van der Waals surface area (Å²) in [4.78, 5) is 27.6. The summed E-state index contributed by atoms with van der Waals surface area (Å²) < 4.78 is 0.972. The highest BCUT2D eigenvalue weighted by atomic mass is 32.1. The zero-order chi connectivity index (χ0) is 15.5. The van der Waals surface area contributed by atoms with Crippen LogP contribution in [0.4, 0.5) is 11.4 Å². The van der Waals surface area contributed by atoms with Gasteiger partial charge in [0.25, 0.3) is 5.91 Å². The molecule has 0 radical (unpaired) electrons. The van der Waals surface area contributed by atoms with Crippen LogP contribution in [-0.4, -0.2) is 16.8 Å². The van der Waals surface area contributed by atoms with Crippen molar-refractivity contribution in [1.29, 1.82) is 0 Å². The van der Waals surface area contributed by atoms with E-state index < -0.39 is 0 Å². The second-order valence-electron chi connectivity index (χ2n) is 4.75. The number of nitrogens with one attached hydrogen (secondary N) is 2. The van der Waals surface area contributed by atoms with Crippen LogP contribution in [-0.2, 0) is 4.79 Å². The fourth-order valence-electron chi connectivity index (χ4n) is 2.08. The SMILES string of the molecule is CC(=O)Nc1cccc(NC(=O)c2ccc3ncsc3c2)c1. The van der Waals surface area contributed by atoms with Crippen LogP contribution in [0.5, 0.6) is 0 Å². The topological polar surface area (TPSA) is 71.1 Å². The summed E-state index contributed by atoms with van der Waals surface area (Å²) >= 11 is 1.50. The Morgan fingerprint density at radius 3 is 2.59 bits per heavy atom. The molecule has 0 fully saturated rings. The highest BCUT2D eigenvalue weighted by Crippen LogP contribution is 2.20. The number of amides is 2. The number of benzene rings is 2. The maximum Gasteiger partial charge on any atom is 0.255 e. The lowest BCUT2D eigenvalue weighted by Crippen LogP contribution is -2.12. The monoisotopic (exact) mass is 311 g/mol. The Bertz CT molecular complexity index is 857. The molecule has 0 saturated carbocycles. The second-order valence-corrected chi connectivity index (χ2v) is 5.64. The first kappa shape index (κ1) is 14.2. The van der Waals surface area contributed by atoms with E-state index >= 15 is 0 Å². The van der Waals surface area contributed by atoms with Gasteiger partial charge in [-0.15, -0.1) is 11.3 Å². The summed E-state index contributed by atoms with van der Waals surface area (Å²) in [5.41, 5.74) is 4.48. The van der Waals surface area contributed by atoms with E-state index in [2.05, 4.69) is 15.6 Å². The van der Waals surface area contributed by atoms with Crippen LogP contribution in [0.15, 0.2) is 48.0 Å². The molecule has 0 atom stereocenters. The zero-order valence-corrected chi connectivity index (χ0v) is 12.6. The van der Waals surface area contributed by atoms with Crippen molar-refractivity contribution in [3.63, 3.8) is 0 Å². The predicted octanol–water partition coefficient (Wildman–Crippen LogP) is 3.51. The van der Waals surface area contributed by atoms with E-state index in [1.165, 1.54) is 18.3 Å². The van der Waals surface area contributed by atoms with Gasteiger partial charge in [-0.3, -0.25) is 9.59 Å². The van der Waals surface area contributed by atoms with Crippen molar-refractivity contribution in [2.24, 2.45) is 0 Å². The summed E-state index contributed by atoms with van der Waals surface area (Å²) in [5, 5.41) is 5.50. The van der Waals surface area contributed by atoms with Crippen molar-refractivity contribution < 1.29 is 9.59 Å². The molecule has 1 heterocycles. The van der Waals surface area contributed by atoms with Crippen molar-refractivity contribution in [3.05, 3.63) is 53.5 Å².